The predicted octanol–water partition coefficient (Wildman–Crippen LogP) is 5.47. The van der Waals surface area contributed by atoms with Gasteiger partial charge in [-0.1, -0.05) is 17.7 Å². The number of rotatable bonds is 3. The van der Waals surface area contributed by atoms with Gasteiger partial charge in [-0.2, -0.15) is 0 Å². The third-order valence-corrected chi connectivity index (χ3v) is 3.23. The van der Waals surface area contributed by atoms with Crippen molar-refractivity contribution in [2.24, 2.45) is 0 Å². The Hall–Kier alpha value is -2.80. The summed E-state index contributed by atoms with van der Waals surface area (Å²) in [4.78, 5) is 23.8. The number of anilines is 3. The van der Waals surface area contributed by atoms with E-state index in [1.54, 1.807) is 45.0 Å². The van der Waals surface area contributed by atoms with Gasteiger partial charge < -0.3 is 15.4 Å². The van der Waals surface area contributed by atoms with Gasteiger partial charge in [0.15, 0.2) is 0 Å². The molecule has 3 N–H and O–H groups in total. The van der Waals surface area contributed by atoms with Crippen molar-refractivity contribution in [3.8, 4) is 0 Å². The van der Waals surface area contributed by atoms with Crippen LogP contribution in [-0.2, 0) is 4.74 Å². The van der Waals surface area contributed by atoms with Crippen LogP contribution in [0.3, 0.4) is 0 Å². The van der Waals surface area contributed by atoms with Gasteiger partial charge in [-0.05, 0) is 57.2 Å². The fourth-order valence-corrected chi connectivity index (χ4v) is 2.14. The van der Waals surface area contributed by atoms with Gasteiger partial charge in [0.1, 0.15) is 11.4 Å². The molecule has 0 radical (unpaired) electrons. The van der Waals surface area contributed by atoms with E-state index in [9.17, 15) is 14.0 Å². The number of hydrogen-bond acceptors (Lipinski definition) is 3. The highest BCUT2D eigenvalue weighted by atomic mass is 35.5. The lowest BCUT2D eigenvalue weighted by atomic mass is 10.2. The number of hydrogen-bond donors (Lipinski definition) is 3. The number of carbonyl (C=O) groups is 2. The quantitative estimate of drug-likeness (QED) is 0.661. The van der Waals surface area contributed by atoms with Crippen LogP contribution in [0.25, 0.3) is 0 Å². The number of amides is 3. The van der Waals surface area contributed by atoms with Gasteiger partial charge in [0, 0.05) is 17.1 Å². The molecular formula is C18H19ClFN3O3. The molecule has 0 aliphatic rings. The van der Waals surface area contributed by atoms with Gasteiger partial charge in [-0.25, -0.2) is 14.0 Å². The molecule has 6 nitrogen and oxygen atoms in total. The Bertz CT molecular complexity index is 822. The topological polar surface area (TPSA) is 79.5 Å². The van der Waals surface area contributed by atoms with Crippen LogP contribution >= 0.6 is 11.6 Å². The molecule has 3 amide bonds. The van der Waals surface area contributed by atoms with Crippen LogP contribution in [-0.4, -0.2) is 17.7 Å². The molecule has 0 saturated heterocycles. The molecule has 0 aliphatic heterocycles. The smallest absolute Gasteiger partial charge is 0.412 e. The Kier molecular flexibility index (Phi) is 6.05. The number of urea groups is 1. The highest BCUT2D eigenvalue weighted by molar-refractivity contribution is 6.31. The van der Waals surface area contributed by atoms with Gasteiger partial charge in [-0.3, -0.25) is 5.32 Å². The van der Waals surface area contributed by atoms with Crippen molar-refractivity contribution in [2.75, 3.05) is 16.0 Å². The van der Waals surface area contributed by atoms with Crippen molar-refractivity contribution in [1.82, 2.24) is 0 Å². The first kappa shape index (κ1) is 19.5. The maximum absolute atomic E-state index is 13.1. The fourth-order valence-electron chi connectivity index (χ4n) is 1.96. The van der Waals surface area contributed by atoms with Crippen molar-refractivity contribution < 1.29 is 18.7 Å². The predicted molar refractivity (Wildman–Crippen MR) is 100 cm³/mol. The minimum absolute atomic E-state index is 0.0913. The maximum Gasteiger partial charge on any atom is 0.412 e. The lowest BCUT2D eigenvalue weighted by Gasteiger charge is -2.19. The maximum atomic E-state index is 13.1. The first-order chi connectivity index (χ1) is 12.1. The lowest BCUT2D eigenvalue weighted by Crippen LogP contribution is -2.27. The summed E-state index contributed by atoms with van der Waals surface area (Å²) in [6.07, 6.45) is -0.597. The third kappa shape index (κ3) is 6.25. The van der Waals surface area contributed by atoms with E-state index in [2.05, 4.69) is 16.0 Å². The lowest BCUT2D eigenvalue weighted by molar-refractivity contribution is 0.0636. The second kappa shape index (κ2) is 8.05. The molecule has 0 spiro atoms. The van der Waals surface area contributed by atoms with Crippen molar-refractivity contribution in [1.29, 1.82) is 0 Å². The van der Waals surface area contributed by atoms with E-state index in [-0.39, 0.29) is 5.02 Å². The van der Waals surface area contributed by atoms with E-state index in [1.165, 1.54) is 12.1 Å². The van der Waals surface area contributed by atoms with Crippen LogP contribution in [0.5, 0.6) is 0 Å². The molecule has 0 aromatic heterocycles. The molecule has 0 fully saturated rings. The Balaban J connectivity index is 1.98. The largest absolute Gasteiger partial charge is 0.444 e. The van der Waals surface area contributed by atoms with E-state index < -0.39 is 23.5 Å². The summed E-state index contributed by atoms with van der Waals surface area (Å²) in [6, 6.07) is 9.85. The monoisotopic (exact) mass is 379 g/mol. The van der Waals surface area contributed by atoms with Gasteiger partial charge in [-0.15, -0.1) is 0 Å². The Labute approximate surface area is 155 Å². The molecule has 26 heavy (non-hydrogen) atoms. The first-order valence-electron chi connectivity index (χ1n) is 7.75. The van der Waals surface area contributed by atoms with Crippen molar-refractivity contribution in [2.45, 2.75) is 26.4 Å². The minimum atomic E-state index is -0.615. The Morgan fingerprint density at radius 1 is 0.962 bits per heavy atom. The third-order valence-electron chi connectivity index (χ3n) is 2.94. The van der Waals surface area contributed by atoms with E-state index in [0.29, 0.717) is 17.1 Å². The molecule has 0 bridgehead atoms. The number of ether oxygens (including phenoxy) is 1. The average molecular weight is 380 g/mol. The Morgan fingerprint density at radius 3 is 2.12 bits per heavy atom. The summed E-state index contributed by atoms with van der Waals surface area (Å²) in [5.74, 6) is -0.571. The average Bonchev–Trinajstić information content (AvgIpc) is 2.49. The van der Waals surface area contributed by atoms with Crippen LogP contribution in [0.15, 0.2) is 42.5 Å². The highest BCUT2D eigenvalue weighted by Crippen LogP contribution is 2.20. The molecule has 2 aromatic carbocycles. The number of carbonyl (C=O) groups excluding carboxylic acids is 2. The number of halogens is 2. The van der Waals surface area contributed by atoms with E-state index in [1.807, 2.05) is 0 Å². The molecule has 138 valence electrons. The molecule has 0 atom stereocenters. The van der Waals surface area contributed by atoms with Crippen molar-refractivity contribution >= 4 is 40.8 Å². The molecule has 0 heterocycles. The van der Waals surface area contributed by atoms with Crippen LogP contribution in [0.1, 0.15) is 20.8 Å². The molecule has 0 aliphatic carbocycles. The molecule has 0 saturated carbocycles. The summed E-state index contributed by atoms with van der Waals surface area (Å²) in [6.45, 7) is 5.28. The Morgan fingerprint density at radius 2 is 1.54 bits per heavy atom. The fraction of sp³-hybridized carbons (Fsp3) is 0.222. The molecule has 8 heteroatoms. The molecule has 2 aromatic rings. The molecule has 0 unspecified atom stereocenters. The zero-order valence-corrected chi connectivity index (χ0v) is 15.3. The molecular weight excluding hydrogens is 361 g/mol. The highest BCUT2D eigenvalue weighted by Gasteiger charge is 2.16. The number of nitrogens with one attached hydrogen (secondary N) is 3. The summed E-state index contributed by atoms with van der Waals surface area (Å²) in [5.41, 5.74) is 0.638. The summed E-state index contributed by atoms with van der Waals surface area (Å²) in [5, 5.41) is 7.64. The van der Waals surface area contributed by atoms with Crippen LogP contribution in [0.2, 0.25) is 5.02 Å². The number of benzene rings is 2. The summed E-state index contributed by atoms with van der Waals surface area (Å²) < 4.78 is 18.3. The van der Waals surface area contributed by atoms with Gasteiger partial charge in [0.2, 0.25) is 0 Å². The van der Waals surface area contributed by atoms with E-state index in [0.717, 1.165) is 6.07 Å². The second-order valence-corrected chi connectivity index (χ2v) is 6.82. The zero-order valence-electron chi connectivity index (χ0n) is 14.5. The van der Waals surface area contributed by atoms with Gasteiger partial charge in [0.05, 0.1) is 5.02 Å². The van der Waals surface area contributed by atoms with Crippen LogP contribution in [0.4, 0.5) is 31.0 Å². The van der Waals surface area contributed by atoms with Gasteiger partial charge >= 0.3 is 12.1 Å². The second-order valence-electron chi connectivity index (χ2n) is 6.42. The zero-order chi connectivity index (χ0) is 19.3. The van der Waals surface area contributed by atoms with E-state index >= 15 is 0 Å². The molecule has 2 rings (SSSR count). The summed E-state index contributed by atoms with van der Waals surface area (Å²) >= 11 is 5.67. The van der Waals surface area contributed by atoms with Crippen LogP contribution in [0, 0.1) is 5.82 Å². The summed E-state index contributed by atoms with van der Waals surface area (Å²) in [7, 11) is 0. The van der Waals surface area contributed by atoms with Crippen molar-refractivity contribution in [3.63, 3.8) is 0 Å². The standard InChI is InChI=1S/C18H19ClFN3O3/c1-18(2,3)26-17(25)23-12-6-4-5-11(9-12)21-16(24)22-13-7-8-15(20)14(19)10-13/h4-10H,1-3H3,(H,23,25)(H2,21,22,24). The normalized spacial score (nSPS) is 10.8. The SMILES string of the molecule is CC(C)(C)OC(=O)Nc1cccc(NC(=O)Nc2ccc(F)c(Cl)c2)c1. The van der Waals surface area contributed by atoms with E-state index in [4.69, 9.17) is 16.3 Å². The minimum Gasteiger partial charge on any atom is -0.444 e. The van der Waals surface area contributed by atoms with Crippen molar-refractivity contribution in [3.05, 3.63) is 53.3 Å². The van der Waals surface area contributed by atoms with Gasteiger partial charge in [0.25, 0.3) is 0 Å². The first-order valence-corrected chi connectivity index (χ1v) is 8.13. The van der Waals surface area contributed by atoms with Crippen LogP contribution < -0.4 is 16.0 Å².